The molecule has 0 radical (unpaired) electrons. The Kier molecular flexibility index (Phi) is 2.15. The molecule has 0 atom stereocenters. The Labute approximate surface area is 83.6 Å². The van der Waals surface area contributed by atoms with Crippen LogP contribution >= 0.6 is 0 Å². The molecule has 0 aliphatic carbocycles. The highest BCUT2D eigenvalue weighted by Crippen LogP contribution is 2.16. The molecular weight excluding hydrogens is 178 g/mol. The SMILES string of the molecule is CCN1C=C2C(=N)NN=C2N(CC)C1. The van der Waals surface area contributed by atoms with Gasteiger partial charge < -0.3 is 9.80 Å². The van der Waals surface area contributed by atoms with Gasteiger partial charge in [-0.1, -0.05) is 0 Å². The van der Waals surface area contributed by atoms with Crippen molar-refractivity contribution in [3.8, 4) is 0 Å². The normalized spacial score (nSPS) is 20.3. The van der Waals surface area contributed by atoms with Gasteiger partial charge in [0.25, 0.3) is 0 Å². The predicted octanol–water partition coefficient (Wildman–Crippen LogP) is 0.379. The third-order valence-electron chi connectivity index (χ3n) is 2.54. The van der Waals surface area contributed by atoms with Crippen LogP contribution in [0.5, 0.6) is 0 Å². The maximum Gasteiger partial charge on any atom is 0.162 e. The van der Waals surface area contributed by atoms with Crippen LogP contribution in [-0.2, 0) is 0 Å². The largest absolute Gasteiger partial charge is 0.359 e. The second-order valence-corrected chi connectivity index (χ2v) is 3.37. The molecule has 76 valence electrons. The number of likely N-dealkylation sites (N-methyl/N-ethyl adjacent to an activating group) is 1. The molecule has 0 bridgehead atoms. The maximum atomic E-state index is 7.66. The zero-order valence-corrected chi connectivity index (χ0v) is 8.54. The van der Waals surface area contributed by atoms with E-state index in [1.807, 2.05) is 6.20 Å². The zero-order chi connectivity index (χ0) is 10.1. The molecule has 2 aliphatic rings. The van der Waals surface area contributed by atoms with E-state index in [0.717, 1.165) is 31.2 Å². The minimum atomic E-state index is 0.400. The van der Waals surface area contributed by atoms with Gasteiger partial charge in [-0.2, -0.15) is 5.10 Å². The Morgan fingerprint density at radius 3 is 2.93 bits per heavy atom. The van der Waals surface area contributed by atoms with Crippen molar-refractivity contribution in [3.63, 3.8) is 0 Å². The van der Waals surface area contributed by atoms with Crippen LogP contribution in [0.1, 0.15) is 13.8 Å². The van der Waals surface area contributed by atoms with E-state index < -0.39 is 0 Å². The molecule has 0 spiro atoms. The third-order valence-corrected chi connectivity index (χ3v) is 2.54. The minimum Gasteiger partial charge on any atom is -0.359 e. The first kappa shape index (κ1) is 9.05. The topological polar surface area (TPSA) is 54.7 Å². The van der Waals surface area contributed by atoms with E-state index in [2.05, 4.69) is 34.2 Å². The molecule has 0 fully saturated rings. The molecule has 0 aromatic carbocycles. The molecule has 0 saturated heterocycles. The molecule has 0 aromatic heterocycles. The van der Waals surface area contributed by atoms with Crippen LogP contribution in [0.3, 0.4) is 0 Å². The highest BCUT2D eigenvalue weighted by atomic mass is 15.4. The number of nitrogens with zero attached hydrogens (tertiary/aromatic N) is 3. The first-order valence-corrected chi connectivity index (χ1v) is 4.90. The number of rotatable bonds is 2. The summed E-state index contributed by atoms with van der Waals surface area (Å²) in [5.74, 6) is 1.30. The van der Waals surface area contributed by atoms with Gasteiger partial charge >= 0.3 is 0 Å². The van der Waals surface area contributed by atoms with E-state index in [0.29, 0.717) is 5.84 Å². The molecule has 5 nitrogen and oxygen atoms in total. The summed E-state index contributed by atoms with van der Waals surface area (Å²) in [5, 5.41) is 11.8. The van der Waals surface area contributed by atoms with Crippen molar-refractivity contribution in [2.45, 2.75) is 13.8 Å². The highest BCUT2D eigenvalue weighted by molar-refractivity contribution is 6.25. The zero-order valence-electron chi connectivity index (χ0n) is 8.54. The summed E-state index contributed by atoms with van der Waals surface area (Å²) in [6.07, 6.45) is 2.01. The Bertz CT molecular complexity index is 317. The van der Waals surface area contributed by atoms with Crippen LogP contribution in [0.4, 0.5) is 0 Å². The van der Waals surface area contributed by atoms with Crippen molar-refractivity contribution in [1.82, 2.24) is 15.2 Å². The van der Waals surface area contributed by atoms with Crippen molar-refractivity contribution >= 4 is 11.7 Å². The summed E-state index contributed by atoms with van der Waals surface area (Å²) in [6, 6.07) is 0. The van der Waals surface area contributed by atoms with Crippen molar-refractivity contribution < 1.29 is 0 Å². The van der Waals surface area contributed by atoms with E-state index in [1.165, 1.54) is 0 Å². The molecule has 2 heterocycles. The van der Waals surface area contributed by atoms with E-state index in [-0.39, 0.29) is 0 Å². The van der Waals surface area contributed by atoms with Gasteiger partial charge in [0.2, 0.25) is 0 Å². The van der Waals surface area contributed by atoms with Crippen molar-refractivity contribution in [1.29, 1.82) is 5.41 Å². The first-order valence-electron chi connectivity index (χ1n) is 4.90. The number of nitrogens with one attached hydrogen (secondary N) is 2. The van der Waals surface area contributed by atoms with E-state index in [1.54, 1.807) is 0 Å². The van der Waals surface area contributed by atoms with Gasteiger partial charge in [0.15, 0.2) is 11.7 Å². The van der Waals surface area contributed by atoms with E-state index >= 15 is 0 Å². The Morgan fingerprint density at radius 1 is 1.50 bits per heavy atom. The average Bonchev–Trinajstić information content (AvgIpc) is 2.59. The lowest BCUT2D eigenvalue weighted by molar-refractivity contribution is 0.252. The number of hydrogen-bond donors (Lipinski definition) is 2. The Balaban J connectivity index is 2.31. The smallest absolute Gasteiger partial charge is 0.162 e. The lowest BCUT2D eigenvalue weighted by Gasteiger charge is -2.34. The fourth-order valence-electron chi connectivity index (χ4n) is 1.66. The van der Waals surface area contributed by atoms with Crippen molar-refractivity contribution in [2.75, 3.05) is 19.8 Å². The average molecular weight is 193 g/mol. The van der Waals surface area contributed by atoms with Gasteiger partial charge in [-0.3, -0.25) is 10.8 Å². The second-order valence-electron chi connectivity index (χ2n) is 3.37. The second kappa shape index (κ2) is 3.32. The number of fused-ring (bicyclic) bond motifs is 1. The number of hydrogen-bond acceptors (Lipinski definition) is 4. The summed E-state index contributed by atoms with van der Waals surface area (Å²) < 4.78 is 0. The summed E-state index contributed by atoms with van der Waals surface area (Å²) in [6.45, 7) is 6.95. The van der Waals surface area contributed by atoms with Crippen LogP contribution < -0.4 is 5.43 Å². The fraction of sp³-hybridized carbons (Fsp3) is 0.556. The monoisotopic (exact) mass is 193 g/mol. The molecule has 0 amide bonds. The van der Waals surface area contributed by atoms with Crippen LogP contribution in [0.2, 0.25) is 0 Å². The van der Waals surface area contributed by atoms with Gasteiger partial charge in [0, 0.05) is 19.3 Å². The number of hydrazone groups is 1. The van der Waals surface area contributed by atoms with Crippen LogP contribution in [0.15, 0.2) is 16.9 Å². The van der Waals surface area contributed by atoms with Gasteiger partial charge in [0.1, 0.15) is 0 Å². The minimum absolute atomic E-state index is 0.400. The standard InChI is InChI=1S/C9H15N5/c1-3-13-5-7-8(10)11-12-9(7)14(4-2)6-13/h5H,3-4,6H2,1-2H3,(H2,10,11). The molecule has 0 unspecified atom stereocenters. The molecule has 5 heteroatoms. The van der Waals surface area contributed by atoms with E-state index in [4.69, 9.17) is 5.41 Å². The summed E-state index contributed by atoms with van der Waals surface area (Å²) >= 11 is 0. The Hall–Kier alpha value is -1.52. The first-order chi connectivity index (χ1) is 6.76. The van der Waals surface area contributed by atoms with Crippen LogP contribution in [-0.4, -0.2) is 41.2 Å². The van der Waals surface area contributed by atoms with Crippen LogP contribution in [0, 0.1) is 5.41 Å². The quantitative estimate of drug-likeness (QED) is 0.666. The molecule has 0 aromatic rings. The van der Waals surface area contributed by atoms with Gasteiger partial charge in [-0.25, -0.2) is 0 Å². The van der Waals surface area contributed by atoms with E-state index in [9.17, 15) is 0 Å². The van der Waals surface area contributed by atoms with Crippen molar-refractivity contribution in [3.05, 3.63) is 11.8 Å². The molecule has 2 N–H and O–H groups in total. The van der Waals surface area contributed by atoms with Crippen molar-refractivity contribution in [2.24, 2.45) is 5.10 Å². The lowest BCUT2D eigenvalue weighted by atomic mass is 10.2. The highest BCUT2D eigenvalue weighted by Gasteiger charge is 2.28. The predicted molar refractivity (Wildman–Crippen MR) is 56.0 cm³/mol. The molecule has 2 rings (SSSR count). The summed E-state index contributed by atoms with van der Waals surface area (Å²) in [7, 11) is 0. The summed E-state index contributed by atoms with van der Waals surface area (Å²) in [4.78, 5) is 4.34. The van der Waals surface area contributed by atoms with Gasteiger partial charge in [-0.15, -0.1) is 0 Å². The molecule has 0 saturated carbocycles. The molecular formula is C9H15N5. The Morgan fingerprint density at radius 2 is 2.29 bits per heavy atom. The van der Waals surface area contributed by atoms with Gasteiger partial charge in [0.05, 0.1) is 12.2 Å². The lowest BCUT2D eigenvalue weighted by Crippen LogP contribution is -2.44. The molecule has 14 heavy (non-hydrogen) atoms. The van der Waals surface area contributed by atoms with Gasteiger partial charge in [-0.05, 0) is 13.8 Å². The van der Waals surface area contributed by atoms with Crippen LogP contribution in [0.25, 0.3) is 0 Å². The number of amidine groups is 2. The summed E-state index contributed by atoms with van der Waals surface area (Å²) in [5.41, 5.74) is 3.61. The third kappa shape index (κ3) is 1.25. The fourth-order valence-corrected chi connectivity index (χ4v) is 1.66. The molecule has 2 aliphatic heterocycles. The maximum absolute atomic E-state index is 7.66.